The molecule has 140 valence electrons. The van der Waals surface area contributed by atoms with E-state index in [4.69, 9.17) is 4.74 Å². The van der Waals surface area contributed by atoms with E-state index in [1.54, 1.807) is 0 Å². The number of hydrogen-bond donors (Lipinski definition) is 2. The van der Waals surface area contributed by atoms with Gasteiger partial charge in [-0.1, -0.05) is 55.1 Å². The summed E-state index contributed by atoms with van der Waals surface area (Å²) in [6, 6.07) is 15.6. The van der Waals surface area contributed by atoms with Crippen molar-refractivity contribution in [2.24, 2.45) is 0 Å². The Morgan fingerprint density at radius 1 is 1.15 bits per heavy atom. The highest BCUT2D eigenvalue weighted by Crippen LogP contribution is 2.24. The fourth-order valence-corrected chi connectivity index (χ4v) is 3.10. The zero-order chi connectivity index (χ0) is 19.1. The van der Waals surface area contributed by atoms with E-state index in [2.05, 4.69) is 39.6 Å². The van der Waals surface area contributed by atoms with E-state index < -0.39 is 0 Å². The smallest absolute Gasteiger partial charge is 0.234 e. The van der Waals surface area contributed by atoms with E-state index in [-0.39, 0.29) is 11.7 Å². The molecule has 0 aliphatic rings. The van der Waals surface area contributed by atoms with Gasteiger partial charge in [-0.3, -0.25) is 9.89 Å². The molecule has 0 atom stereocenters. The van der Waals surface area contributed by atoms with Gasteiger partial charge in [0.25, 0.3) is 0 Å². The molecule has 0 fully saturated rings. The summed E-state index contributed by atoms with van der Waals surface area (Å²) in [5, 5.41) is 10.5. The number of ether oxygens (including phenoxy) is 1. The highest BCUT2D eigenvalue weighted by atomic mass is 32.2. The Morgan fingerprint density at radius 2 is 1.93 bits per heavy atom. The maximum atomic E-state index is 12.2. The van der Waals surface area contributed by atoms with Crippen LogP contribution < -0.4 is 10.1 Å². The Hall–Kier alpha value is -2.80. The van der Waals surface area contributed by atoms with E-state index in [1.807, 2.05) is 43.3 Å². The van der Waals surface area contributed by atoms with E-state index in [0.29, 0.717) is 29.0 Å². The van der Waals surface area contributed by atoms with Crippen molar-refractivity contribution in [3.05, 3.63) is 54.1 Å². The fourth-order valence-electron chi connectivity index (χ4n) is 2.51. The second-order valence-corrected chi connectivity index (χ2v) is 6.73. The Bertz CT molecular complexity index is 893. The maximum absolute atomic E-state index is 12.2. The molecule has 1 heterocycles. The second kappa shape index (κ2) is 9.23. The standard InChI is InChI=1S/C20H22N4O2S/c1-3-14-9-11-15(12-10-14)19-22-20(24-23-19)27-13-18(25)21-16-7-5-6-8-17(16)26-4-2/h5-12H,3-4,13H2,1-2H3,(H,21,25)(H,22,23,24). The fraction of sp³-hybridized carbons (Fsp3) is 0.250. The van der Waals surface area contributed by atoms with Gasteiger partial charge in [0.2, 0.25) is 11.1 Å². The lowest BCUT2D eigenvalue weighted by atomic mass is 10.1. The number of aromatic nitrogens is 3. The Balaban J connectivity index is 1.57. The maximum Gasteiger partial charge on any atom is 0.234 e. The zero-order valence-electron chi connectivity index (χ0n) is 15.4. The number of nitrogens with one attached hydrogen (secondary N) is 2. The third-order valence-electron chi connectivity index (χ3n) is 3.89. The highest BCUT2D eigenvalue weighted by Gasteiger charge is 2.11. The number of aromatic amines is 1. The molecule has 2 aromatic carbocycles. The van der Waals surface area contributed by atoms with Crippen molar-refractivity contribution in [1.82, 2.24) is 15.2 Å². The van der Waals surface area contributed by atoms with Crippen LogP contribution in [0.25, 0.3) is 11.4 Å². The second-order valence-electron chi connectivity index (χ2n) is 5.78. The molecule has 0 saturated heterocycles. The molecule has 1 aromatic heterocycles. The monoisotopic (exact) mass is 382 g/mol. The summed E-state index contributed by atoms with van der Waals surface area (Å²) in [4.78, 5) is 16.7. The topological polar surface area (TPSA) is 79.9 Å². The van der Waals surface area contributed by atoms with Gasteiger partial charge in [0, 0.05) is 5.56 Å². The Kier molecular flexibility index (Phi) is 6.49. The third kappa shape index (κ3) is 5.10. The zero-order valence-corrected chi connectivity index (χ0v) is 16.2. The molecular formula is C20H22N4O2S. The summed E-state index contributed by atoms with van der Waals surface area (Å²) in [6.45, 7) is 4.57. The first-order chi connectivity index (χ1) is 13.2. The van der Waals surface area contributed by atoms with Crippen LogP contribution in [0.4, 0.5) is 5.69 Å². The minimum absolute atomic E-state index is 0.134. The van der Waals surface area contributed by atoms with E-state index in [0.717, 1.165) is 12.0 Å². The molecule has 0 bridgehead atoms. The van der Waals surface area contributed by atoms with Crippen LogP contribution in [0.1, 0.15) is 19.4 Å². The summed E-state index contributed by atoms with van der Waals surface area (Å²) in [5.74, 6) is 1.44. The summed E-state index contributed by atoms with van der Waals surface area (Å²) >= 11 is 1.28. The van der Waals surface area contributed by atoms with E-state index >= 15 is 0 Å². The molecule has 1 amide bonds. The van der Waals surface area contributed by atoms with Crippen LogP contribution in [0, 0.1) is 0 Å². The van der Waals surface area contributed by atoms with Crippen molar-refractivity contribution in [2.45, 2.75) is 25.4 Å². The molecule has 3 aromatic rings. The lowest BCUT2D eigenvalue weighted by Crippen LogP contribution is -2.15. The quantitative estimate of drug-likeness (QED) is 0.572. The SMILES string of the molecule is CCOc1ccccc1NC(=O)CSc1n[nH]c(-c2ccc(CC)cc2)n1. The largest absolute Gasteiger partial charge is 0.492 e. The van der Waals surface area contributed by atoms with E-state index in [1.165, 1.54) is 17.3 Å². The number of hydrogen-bond acceptors (Lipinski definition) is 5. The van der Waals surface area contributed by atoms with Gasteiger partial charge in [-0.15, -0.1) is 5.10 Å². The van der Waals surface area contributed by atoms with Crippen LogP contribution in [0.5, 0.6) is 5.75 Å². The Morgan fingerprint density at radius 3 is 2.67 bits per heavy atom. The number of H-pyrrole nitrogens is 1. The van der Waals surface area contributed by atoms with Crippen LogP contribution in [0.2, 0.25) is 0 Å². The molecule has 7 heteroatoms. The van der Waals surface area contributed by atoms with E-state index in [9.17, 15) is 4.79 Å². The number of nitrogens with zero attached hydrogens (tertiary/aromatic N) is 2. The minimum Gasteiger partial charge on any atom is -0.492 e. The van der Waals surface area contributed by atoms with Gasteiger partial charge in [0.1, 0.15) is 5.75 Å². The van der Waals surface area contributed by atoms with Crippen molar-refractivity contribution in [2.75, 3.05) is 17.7 Å². The minimum atomic E-state index is -0.134. The summed E-state index contributed by atoms with van der Waals surface area (Å²) in [5.41, 5.74) is 2.91. The number of carbonyl (C=O) groups excluding carboxylic acids is 1. The lowest BCUT2D eigenvalue weighted by molar-refractivity contribution is -0.113. The molecular weight excluding hydrogens is 360 g/mol. The molecule has 0 saturated carbocycles. The van der Waals surface area contributed by atoms with Gasteiger partial charge in [0.15, 0.2) is 5.82 Å². The third-order valence-corrected chi connectivity index (χ3v) is 4.74. The number of anilines is 1. The van der Waals surface area contributed by atoms with Crippen molar-refractivity contribution in [3.8, 4) is 17.1 Å². The first-order valence-corrected chi connectivity index (χ1v) is 9.84. The molecule has 27 heavy (non-hydrogen) atoms. The highest BCUT2D eigenvalue weighted by molar-refractivity contribution is 7.99. The number of thioether (sulfide) groups is 1. The predicted octanol–water partition coefficient (Wildman–Crippen LogP) is 4.16. The number of para-hydroxylation sites is 2. The Labute approximate surface area is 162 Å². The molecule has 0 aliphatic heterocycles. The number of rotatable bonds is 8. The molecule has 6 nitrogen and oxygen atoms in total. The van der Waals surface area contributed by atoms with Crippen LogP contribution >= 0.6 is 11.8 Å². The van der Waals surface area contributed by atoms with Crippen molar-refractivity contribution in [1.29, 1.82) is 0 Å². The van der Waals surface area contributed by atoms with Gasteiger partial charge in [-0.25, -0.2) is 4.98 Å². The average Bonchev–Trinajstić information content (AvgIpc) is 3.17. The number of benzene rings is 2. The predicted molar refractivity (Wildman–Crippen MR) is 108 cm³/mol. The van der Waals surface area contributed by atoms with Gasteiger partial charge < -0.3 is 10.1 Å². The number of amides is 1. The first kappa shape index (κ1) is 19.0. The molecule has 0 spiro atoms. The molecule has 0 unspecified atom stereocenters. The van der Waals surface area contributed by atoms with Gasteiger partial charge in [0.05, 0.1) is 18.0 Å². The van der Waals surface area contributed by atoms with Crippen LogP contribution in [0.15, 0.2) is 53.7 Å². The molecule has 0 radical (unpaired) electrons. The summed E-state index contributed by atoms with van der Waals surface area (Å²) in [7, 11) is 0. The van der Waals surface area contributed by atoms with Crippen molar-refractivity contribution in [3.63, 3.8) is 0 Å². The number of carbonyl (C=O) groups is 1. The summed E-state index contributed by atoms with van der Waals surface area (Å²) in [6.07, 6.45) is 0.999. The lowest BCUT2D eigenvalue weighted by Gasteiger charge is -2.10. The van der Waals surface area contributed by atoms with Crippen molar-refractivity contribution >= 4 is 23.4 Å². The molecule has 2 N–H and O–H groups in total. The molecule has 0 aliphatic carbocycles. The average molecular weight is 382 g/mol. The van der Waals surface area contributed by atoms with Gasteiger partial charge in [-0.05, 0) is 31.0 Å². The summed E-state index contributed by atoms with van der Waals surface area (Å²) < 4.78 is 5.52. The number of aryl methyl sites for hydroxylation is 1. The van der Waals surface area contributed by atoms with Gasteiger partial charge in [-0.2, -0.15) is 0 Å². The van der Waals surface area contributed by atoms with Gasteiger partial charge >= 0.3 is 0 Å². The first-order valence-electron chi connectivity index (χ1n) is 8.85. The molecule has 3 rings (SSSR count). The van der Waals surface area contributed by atoms with Crippen molar-refractivity contribution < 1.29 is 9.53 Å². The van der Waals surface area contributed by atoms with Crippen LogP contribution in [0.3, 0.4) is 0 Å². The normalized spacial score (nSPS) is 10.6. The van der Waals surface area contributed by atoms with Crippen LogP contribution in [-0.2, 0) is 11.2 Å². The van der Waals surface area contributed by atoms with Crippen LogP contribution in [-0.4, -0.2) is 33.4 Å².